The number of aromatic nitrogens is 3. The van der Waals surface area contributed by atoms with E-state index in [0.717, 1.165) is 59.4 Å². The summed E-state index contributed by atoms with van der Waals surface area (Å²) < 4.78 is 31.8. The van der Waals surface area contributed by atoms with Crippen molar-refractivity contribution in [2.24, 2.45) is 0 Å². The molecule has 0 unspecified atom stereocenters. The van der Waals surface area contributed by atoms with E-state index in [1.54, 1.807) is 4.57 Å². The lowest BCUT2D eigenvalue weighted by Crippen LogP contribution is -2.30. The first kappa shape index (κ1) is 20.8. The zero-order chi connectivity index (χ0) is 20.6. The summed E-state index contributed by atoms with van der Waals surface area (Å²) in [6.07, 6.45) is 3.41. The number of fused-ring (bicyclic) bond motifs is 1. The summed E-state index contributed by atoms with van der Waals surface area (Å²) in [5, 5.41) is 4.39. The minimum absolute atomic E-state index is 0.0889. The van der Waals surface area contributed by atoms with Crippen LogP contribution in [0.5, 0.6) is 0 Å². The third-order valence-corrected chi connectivity index (χ3v) is 7.80. The van der Waals surface area contributed by atoms with Crippen LogP contribution in [0.25, 0.3) is 0 Å². The Kier molecular flexibility index (Phi) is 5.82. The van der Waals surface area contributed by atoms with Crippen LogP contribution in [0.4, 0.5) is 0 Å². The van der Waals surface area contributed by atoms with Crippen molar-refractivity contribution in [2.75, 3.05) is 6.54 Å². The van der Waals surface area contributed by atoms with Crippen molar-refractivity contribution in [1.29, 1.82) is 0 Å². The standard InChI is InChI=1S/C20H30N4O3S/c1-13-14(2)16(4)19(17(5)15(13)3)28(26,27)21-10-8-12-24-20(25)23-11-7-6-9-18(23)22-24/h21H,6-12H2,1-5H3. The van der Waals surface area contributed by atoms with Crippen molar-refractivity contribution in [3.05, 3.63) is 44.1 Å². The van der Waals surface area contributed by atoms with Crippen LogP contribution < -0.4 is 10.4 Å². The monoisotopic (exact) mass is 406 g/mol. The van der Waals surface area contributed by atoms with Gasteiger partial charge in [-0.15, -0.1) is 0 Å². The maximum absolute atomic E-state index is 12.9. The molecule has 1 aromatic carbocycles. The Labute approximate surface area is 166 Å². The second-order valence-electron chi connectivity index (χ2n) is 7.74. The molecule has 7 nitrogen and oxygen atoms in total. The van der Waals surface area contributed by atoms with Crippen LogP contribution in [0, 0.1) is 34.6 Å². The lowest BCUT2D eigenvalue weighted by molar-refractivity contribution is 0.508. The summed E-state index contributed by atoms with van der Waals surface area (Å²) in [6.45, 7) is 11.1. The smallest absolute Gasteiger partial charge is 0.279 e. The van der Waals surface area contributed by atoms with Crippen LogP contribution in [-0.2, 0) is 29.5 Å². The van der Waals surface area contributed by atoms with Crippen molar-refractivity contribution in [3.63, 3.8) is 0 Å². The van der Waals surface area contributed by atoms with Crippen molar-refractivity contribution in [2.45, 2.75) is 78.3 Å². The SMILES string of the molecule is Cc1c(C)c(C)c(S(=O)(=O)NCCCn2nc3n(c2=O)CCCC3)c(C)c1C. The number of benzene rings is 1. The molecule has 2 aromatic rings. The molecule has 28 heavy (non-hydrogen) atoms. The van der Waals surface area contributed by atoms with Gasteiger partial charge in [0.15, 0.2) is 0 Å². The molecular formula is C20H30N4O3S. The topological polar surface area (TPSA) is 86.0 Å². The van der Waals surface area contributed by atoms with Crippen LogP contribution in [0.15, 0.2) is 9.69 Å². The van der Waals surface area contributed by atoms with Crippen molar-refractivity contribution < 1.29 is 8.42 Å². The van der Waals surface area contributed by atoms with E-state index in [1.165, 1.54) is 4.68 Å². The highest BCUT2D eigenvalue weighted by Crippen LogP contribution is 2.29. The van der Waals surface area contributed by atoms with E-state index in [0.29, 0.717) is 17.9 Å². The fraction of sp³-hybridized carbons (Fsp3) is 0.600. The number of nitrogens with one attached hydrogen (secondary N) is 1. The van der Waals surface area contributed by atoms with Crippen LogP contribution >= 0.6 is 0 Å². The lowest BCUT2D eigenvalue weighted by Gasteiger charge is -2.19. The fourth-order valence-electron chi connectivity index (χ4n) is 3.97. The predicted molar refractivity (Wildman–Crippen MR) is 109 cm³/mol. The average Bonchev–Trinajstić information content (AvgIpc) is 2.98. The molecule has 0 bridgehead atoms. The van der Waals surface area contributed by atoms with Gasteiger partial charge in [-0.2, -0.15) is 5.10 Å². The summed E-state index contributed by atoms with van der Waals surface area (Å²) in [7, 11) is -3.61. The summed E-state index contributed by atoms with van der Waals surface area (Å²) >= 11 is 0. The molecule has 0 fully saturated rings. The summed E-state index contributed by atoms with van der Waals surface area (Å²) in [5.41, 5.74) is 4.67. The van der Waals surface area contributed by atoms with Gasteiger partial charge in [-0.3, -0.25) is 4.57 Å². The van der Waals surface area contributed by atoms with Gasteiger partial charge < -0.3 is 0 Å². The average molecular weight is 407 g/mol. The number of hydrogen-bond donors (Lipinski definition) is 1. The molecule has 2 heterocycles. The predicted octanol–water partition coefficient (Wildman–Crippen LogP) is 2.29. The van der Waals surface area contributed by atoms with Gasteiger partial charge in [-0.1, -0.05) is 0 Å². The van der Waals surface area contributed by atoms with E-state index in [1.807, 2.05) is 34.6 Å². The van der Waals surface area contributed by atoms with Crippen LogP contribution in [0.3, 0.4) is 0 Å². The Balaban J connectivity index is 1.70. The third-order valence-electron chi connectivity index (χ3n) is 6.07. The van der Waals surface area contributed by atoms with E-state index < -0.39 is 10.0 Å². The molecule has 1 aromatic heterocycles. The van der Waals surface area contributed by atoms with Crippen molar-refractivity contribution in [1.82, 2.24) is 19.1 Å². The molecule has 0 spiro atoms. The number of sulfonamides is 1. The van der Waals surface area contributed by atoms with Crippen molar-refractivity contribution >= 4 is 10.0 Å². The van der Waals surface area contributed by atoms with Gasteiger partial charge in [0.1, 0.15) is 5.82 Å². The molecule has 1 aliphatic heterocycles. The molecule has 3 rings (SSSR count). The van der Waals surface area contributed by atoms with E-state index in [9.17, 15) is 13.2 Å². The Morgan fingerprint density at radius 3 is 2.18 bits per heavy atom. The Morgan fingerprint density at radius 2 is 1.57 bits per heavy atom. The first-order valence-corrected chi connectivity index (χ1v) is 11.4. The first-order chi connectivity index (χ1) is 13.1. The highest BCUT2D eigenvalue weighted by Gasteiger charge is 2.23. The molecule has 8 heteroatoms. The van der Waals surface area contributed by atoms with Crippen LogP contribution in [0.1, 0.15) is 52.9 Å². The molecule has 0 aliphatic carbocycles. The molecule has 0 amide bonds. The van der Waals surface area contributed by atoms with E-state index in [2.05, 4.69) is 9.82 Å². The van der Waals surface area contributed by atoms with Crippen LogP contribution in [-0.4, -0.2) is 29.3 Å². The molecule has 154 valence electrons. The molecule has 0 saturated heterocycles. The highest BCUT2D eigenvalue weighted by molar-refractivity contribution is 7.89. The highest BCUT2D eigenvalue weighted by atomic mass is 32.2. The zero-order valence-electron chi connectivity index (χ0n) is 17.4. The molecule has 1 N–H and O–H groups in total. The number of rotatable bonds is 6. The van der Waals surface area contributed by atoms with E-state index in [-0.39, 0.29) is 12.2 Å². The van der Waals surface area contributed by atoms with Gasteiger partial charge in [0.05, 0.1) is 4.90 Å². The largest absolute Gasteiger partial charge is 0.345 e. The fourth-order valence-corrected chi connectivity index (χ4v) is 5.64. The van der Waals surface area contributed by atoms with Gasteiger partial charge in [0.2, 0.25) is 10.0 Å². The van der Waals surface area contributed by atoms with Gasteiger partial charge in [-0.05, 0) is 81.7 Å². The van der Waals surface area contributed by atoms with Gasteiger partial charge in [0, 0.05) is 26.1 Å². The maximum Gasteiger partial charge on any atom is 0.345 e. The van der Waals surface area contributed by atoms with Gasteiger partial charge in [-0.25, -0.2) is 22.6 Å². The van der Waals surface area contributed by atoms with E-state index >= 15 is 0 Å². The van der Waals surface area contributed by atoms with Crippen LogP contribution in [0.2, 0.25) is 0 Å². The minimum Gasteiger partial charge on any atom is -0.279 e. The normalized spacial score (nSPS) is 14.3. The Morgan fingerprint density at radius 1 is 0.964 bits per heavy atom. The van der Waals surface area contributed by atoms with Gasteiger partial charge in [0.25, 0.3) is 0 Å². The molecule has 0 saturated carbocycles. The number of aryl methyl sites for hydroxylation is 2. The number of nitrogens with zero attached hydrogens (tertiary/aromatic N) is 3. The van der Waals surface area contributed by atoms with Crippen molar-refractivity contribution in [3.8, 4) is 0 Å². The quantitative estimate of drug-likeness (QED) is 0.746. The zero-order valence-corrected chi connectivity index (χ0v) is 18.2. The second-order valence-corrected chi connectivity index (χ2v) is 9.44. The summed E-state index contributed by atoms with van der Waals surface area (Å²) in [5.74, 6) is 0.841. The summed E-state index contributed by atoms with van der Waals surface area (Å²) in [4.78, 5) is 12.7. The molecular weight excluding hydrogens is 376 g/mol. The van der Waals surface area contributed by atoms with E-state index in [4.69, 9.17) is 0 Å². The maximum atomic E-state index is 12.9. The summed E-state index contributed by atoms with van der Waals surface area (Å²) in [6, 6.07) is 0. The Hall–Kier alpha value is -1.93. The first-order valence-electron chi connectivity index (χ1n) is 9.88. The third kappa shape index (κ3) is 3.67. The Bertz CT molecular complexity index is 1040. The van der Waals surface area contributed by atoms with Gasteiger partial charge >= 0.3 is 5.69 Å². The minimum atomic E-state index is -3.61. The second kappa shape index (κ2) is 7.83. The molecule has 0 atom stereocenters. The molecule has 0 radical (unpaired) electrons. The molecule has 1 aliphatic rings. The lowest BCUT2D eigenvalue weighted by atomic mass is 9.95. The number of hydrogen-bond acceptors (Lipinski definition) is 4.